The van der Waals surface area contributed by atoms with E-state index in [1.54, 1.807) is 12.1 Å². The Hall–Kier alpha value is -2.90. The van der Waals surface area contributed by atoms with Crippen LogP contribution >= 0.6 is 24.8 Å². The third kappa shape index (κ3) is 5.92. The van der Waals surface area contributed by atoms with Crippen molar-refractivity contribution in [3.63, 3.8) is 0 Å². The Kier molecular flexibility index (Phi) is 9.02. The predicted molar refractivity (Wildman–Crippen MR) is 132 cm³/mol. The van der Waals surface area contributed by atoms with Gasteiger partial charge in [0.2, 0.25) is 5.95 Å². The normalized spacial score (nSPS) is 14.4. The number of aromatic nitrogens is 2. The Morgan fingerprint density at radius 3 is 2.55 bits per heavy atom. The van der Waals surface area contributed by atoms with Crippen molar-refractivity contribution in [2.24, 2.45) is 0 Å². The predicted octanol–water partition coefficient (Wildman–Crippen LogP) is 5.70. The zero-order chi connectivity index (χ0) is 22.0. The molecule has 0 spiro atoms. The van der Waals surface area contributed by atoms with Crippen LogP contribution in [0, 0.1) is 12.7 Å². The van der Waals surface area contributed by atoms with Crippen molar-refractivity contribution in [3.05, 3.63) is 76.7 Å². The molecule has 1 unspecified atom stereocenters. The number of aryl methyl sites for hydroxylation is 1. The average molecular weight is 493 g/mol. The number of fused-ring (bicyclic) bond motifs is 1. The van der Waals surface area contributed by atoms with Gasteiger partial charge in [0.05, 0.1) is 17.3 Å². The number of nitrogens with one attached hydrogen (secondary N) is 1. The van der Waals surface area contributed by atoms with Gasteiger partial charge >= 0.3 is 5.97 Å². The van der Waals surface area contributed by atoms with E-state index < -0.39 is 0 Å². The Morgan fingerprint density at radius 1 is 1.15 bits per heavy atom. The van der Waals surface area contributed by atoms with Crippen molar-refractivity contribution in [3.8, 4) is 0 Å². The van der Waals surface area contributed by atoms with Crippen LogP contribution in [0.15, 0.2) is 48.5 Å². The topological polar surface area (TPSA) is 67.3 Å². The fraction of sp³-hybridized carbons (Fsp3) is 0.292. The Morgan fingerprint density at radius 2 is 1.85 bits per heavy atom. The molecule has 0 radical (unpaired) electrons. The Bertz CT molecular complexity index is 1110. The molecular weight excluding hydrogens is 466 g/mol. The summed E-state index contributed by atoms with van der Waals surface area (Å²) in [7, 11) is 0. The van der Waals surface area contributed by atoms with Crippen molar-refractivity contribution < 1.29 is 13.9 Å². The maximum Gasteiger partial charge on any atom is 0.302 e. The second kappa shape index (κ2) is 11.3. The highest BCUT2D eigenvalue weighted by Gasteiger charge is 2.28. The van der Waals surface area contributed by atoms with Crippen LogP contribution < -0.4 is 10.2 Å². The molecule has 9 heteroatoms. The molecule has 176 valence electrons. The number of hydrogen-bond donors (Lipinski definition) is 1. The molecule has 2 heterocycles. The number of carbonyl (C=O) groups is 1. The summed E-state index contributed by atoms with van der Waals surface area (Å²) in [5, 5.41) is 3.15. The van der Waals surface area contributed by atoms with Crippen LogP contribution in [0.3, 0.4) is 0 Å². The summed E-state index contributed by atoms with van der Waals surface area (Å²) < 4.78 is 18.6. The molecule has 0 amide bonds. The zero-order valence-corrected chi connectivity index (χ0v) is 20.3. The molecule has 4 rings (SSSR count). The lowest BCUT2D eigenvalue weighted by Gasteiger charge is -2.37. The van der Waals surface area contributed by atoms with Gasteiger partial charge in [-0.2, -0.15) is 4.98 Å². The van der Waals surface area contributed by atoms with Gasteiger partial charge in [-0.25, -0.2) is 9.37 Å². The van der Waals surface area contributed by atoms with Crippen molar-refractivity contribution in [2.75, 3.05) is 16.8 Å². The lowest BCUT2D eigenvalue weighted by Crippen LogP contribution is -2.35. The first kappa shape index (κ1) is 26.4. The van der Waals surface area contributed by atoms with E-state index in [4.69, 9.17) is 9.72 Å². The van der Waals surface area contributed by atoms with Crippen LogP contribution in [0.2, 0.25) is 0 Å². The summed E-state index contributed by atoms with van der Waals surface area (Å²) in [6.07, 6.45) is 0.900. The maximum absolute atomic E-state index is 13.3. The molecular formula is C24H27Cl2FN4O2. The summed E-state index contributed by atoms with van der Waals surface area (Å²) in [6.45, 7) is 6.32. The summed E-state index contributed by atoms with van der Waals surface area (Å²) in [5.41, 5.74) is 4.80. The number of esters is 1. The quantitative estimate of drug-likeness (QED) is 0.460. The van der Waals surface area contributed by atoms with E-state index in [2.05, 4.69) is 40.3 Å². The van der Waals surface area contributed by atoms with Crippen LogP contribution in [-0.4, -0.2) is 22.5 Å². The first-order valence-electron chi connectivity index (χ1n) is 10.3. The molecule has 0 saturated heterocycles. The molecule has 0 saturated carbocycles. The fourth-order valence-electron chi connectivity index (χ4n) is 3.94. The van der Waals surface area contributed by atoms with E-state index >= 15 is 0 Å². The molecule has 1 atom stereocenters. The minimum absolute atomic E-state index is 0. The molecule has 6 nitrogen and oxygen atoms in total. The summed E-state index contributed by atoms with van der Waals surface area (Å²) in [4.78, 5) is 23.0. The smallest absolute Gasteiger partial charge is 0.302 e. The molecule has 1 aliphatic rings. The van der Waals surface area contributed by atoms with Crippen LogP contribution in [0.1, 0.15) is 42.3 Å². The van der Waals surface area contributed by atoms with E-state index in [1.165, 1.54) is 30.2 Å². The van der Waals surface area contributed by atoms with Gasteiger partial charge in [0, 0.05) is 19.2 Å². The average Bonchev–Trinajstić information content (AvgIpc) is 2.75. The van der Waals surface area contributed by atoms with Crippen molar-refractivity contribution in [1.29, 1.82) is 0 Å². The molecule has 1 N–H and O–H groups in total. The van der Waals surface area contributed by atoms with Gasteiger partial charge in [-0.3, -0.25) is 4.79 Å². The molecule has 33 heavy (non-hydrogen) atoms. The highest BCUT2D eigenvalue weighted by molar-refractivity contribution is 5.85. The lowest BCUT2D eigenvalue weighted by atomic mass is 9.93. The van der Waals surface area contributed by atoms with Gasteiger partial charge in [-0.15, -0.1) is 24.8 Å². The second-order valence-corrected chi connectivity index (χ2v) is 7.67. The number of halogens is 3. The van der Waals surface area contributed by atoms with Crippen molar-refractivity contribution in [1.82, 2.24) is 9.97 Å². The SMILES string of the molecule is CC(=O)OCc1c(C)nc(Nc2ccc(F)cc2)nc1N1CCc2ccccc2C1C.Cl.Cl. The first-order chi connectivity index (χ1) is 14.9. The summed E-state index contributed by atoms with van der Waals surface area (Å²) >= 11 is 0. The third-order valence-corrected chi connectivity index (χ3v) is 5.58. The van der Waals surface area contributed by atoms with Gasteiger partial charge in [0.1, 0.15) is 18.2 Å². The van der Waals surface area contributed by atoms with Gasteiger partial charge < -0.3 is 15.0 Å². The van der Waals surface area contributed by atoms with E-state index in [0.717, 1.165) is 30.0 Å². The van der Waals surface area contributed by atoms with Gasteiger partial charge in [-0.1, -0.05) is 24.3 Å². The Labute approximate surface area is 205 Å². The molecule has 1 aliphatic heterocycles. The molecule has 0 bridgehead atoms. The standard InChI is InChI=1S/C24H25FN4O2.2ClH/c1-15-22(14-31-17(3)30)23(28-24(26-15)27-20-10-8-19(25)9-11-20)29-13-12-18-6-4-5-7-21(18)16(29)2;;/h4-11,16H,12-14H2,1-3H3,(H,26,27,28);2*1H. The van der Waals surface area contributed by atoms with E-state index in [1.807, 2.05) is 13.0 Å². The second-order valence-electron chi connectivity index (χ2n) is 7.67. The number of rotatable bonds is 5. The van der Waals surface area contributed by atoms with E-state index in [0.29, 0.717) is 11.6 Å². The highest BCUT2D eigenvalue weighted by atomic mass is 35.5. The number of nitrogens with zero attached hydrogens (tertiary/aromatic N) is 3. The number of hydrogen-bond acceptors (Lipinski definition) is 6. The zero-order valence-electron chi connectivity index (χ0n) is 18.7. The van der Waals surface area contributed by atoms with Gasteiger partial charge in [0.15, 0.2) is 0 Å². The molecule has 0 fully saturated rings. The molecule has 2 aromatic carbocycles. The monoisotopic (exact) mass is 492 g/mol. The van der Waals surface area contributed by atoms with Crippen molar-refractivity contribution >= 4 is 48.2 Å². The first-order valence-corrected chi connectivity index (χ1v) is 10.3. The molecule has 3 aromatic rings. The number of anilines is 3. The minimum atomic E-state index is -0.351. The highest BCUT2D eigenvalue weighted by Crippen LogP contribution is 2.35. The van der Waals surface area contributed by atoms with Crippen LogP contribution in [-0.2, 0) is 22.6 Å². The van der Waals surface area contributed by atoms with Crippen molar-refractivity contribution in [2.45, 2.75) is 39.8 Å². The lowest BCUT2D eigenvalue weighted by molar-refractivity contribution is -0.142. The largest absolute Gasteiger partial charge is 0.461 e. The summed E-state index contributed by atoms with van der Waals surface area (Å²) in [5.74, 6) is 0.494. The maximum atomic E-state index is 13.3. The third-order valence-electron chi connectivity index (χ3n) is 5.58. The van der Waals surface area contributed by atoms with Crippen LogP contribution in [0.5, 0.6) is 0 Å². The van der Waals surface area contributed by atoms with E-state index in [-0.39, 0.29) is 49.2 Å². The summed E-state index contributed by atoms with van der Waals surface area (Å²) in [6, 6.07) is 14.6. The fourth-order valence-corrected chi connectivity index (χ4v) is 3.94. The van der Waals surface area contributed by atoms with Crippen LogP contribution in [0.4, 0.5) is 21.8 Å². The number of carbonyl (C=O) groups excluding carboxylic acids is 1. The number of ether oxygens (including phenoxy) is 1. The number of benzene rings is 2. The van der Waals surface area contributed by atoms with Crippen LogP contribution in [0.25, 0.3) is 0 Å². The Balaban J connectivity index is 0.00000193. The van der Waals surface area contributed by atoms with Gasteiger partial charge in [0.25, 0.3) is 0 Å². The minimum Gasteiger partial charge on any atom is -0.461 e. The van der Waals surface area contributed by atoms with E-state index in [9.17, 15) is 9.18 Å². The molecule has 0 aliphatic carbocycles. The molecule has 1 aromatic heterocycles. The van der Waals surface area contributed by atoms with Gasteiger partial charge in [-0.05, 0) is 55.7 Å².